The van der Waals surface area contributed by atoms with Crippen LogP contribution in [0, 0.1) is 0 Å². The van der Waals surface area contributed by atoms with Gasteiger partial charge in [-0.15, -0.1) is 0 Å². The molecule has 0 aromatic rings. The van der Waals surface area contributed by atoms with Gasteiger partial charge in [0.05, 0.1) is 13.2 Å². The number of aliphatic hydroxyl groups is 4. The van der Waals surface area contributed by atoms with Crippen molar-refractivity contribution < 1.29 is 49.0 Å². The minimum atomic E-state index is -1.60. The summed E-state index contributed by atoms with van der Waals surface area (Å²) < 4.78 is 22.3. The molecule has 418 valence electrons. The molecule has 10 nitrogen and oxygen atoms in total. The molecular formula is C61H114O10. The Balaban J connectivity index is 2.20. The van der Waals surface area contributed by atoms with Crippen molar-refractivity contribution in [2.75, 3.05) is 19.8 Å². The topological polar surface area (TPSA) is 152 Å². The SMILES string of the molecule is CCCCCCCCCCCCCCCCCCCC/C=C/CCCC(=O)OC[C@@H](CO[C@H]1O[C@@H](CO)[C@@H](O)C(O)C1O)OC(=O)CCC/C=C/CCCCCCCCCCCCCCCCCCCC. The summed E-state index contributed by atoms with van der Waals surface area (Å²) in [5.74, 6) is -0.865. The molecule has 0 radical (unpaired) electrons. The van der Waals surface area contributed by atoms with E-state index in [0.717, 1.165) is 25.7 Å². The van der Waals surface area contributed by atoms with E-state index in [1.54, 1.807) is 0 Å². The first-order valence-corrected chi connectivity index (χ1v) is 30.4. The van der Waals surface area contributed by atoms with Crippen LogP contribution >= 0.6 is 0 Å². The Bertz CT molecular complexity index is 1210. The number of carbonyl (C=O) groups excluding carboxylic acids is 2. The lowest BCUT2D eigenvalue weighted by molar-refractivity contribution is -0.305. The van der Waals surface area contributed by atoms with E-state index < -0.39 is 55.4 Å². The van der Waals surface area contributed by atoms with Gasteiger partial charge in [-0.3, -0.25) is 9.59 Å². The highest BCUT2D eigenvalue weighted by Gasteiger charge is 2.44. The molecule has 0 saturated carbocycles. The quantitative estimate of drug-likeness (QED) is 0.0263. The van der Waals surface area contributed by atoms with Gasteiger partial charge in [-0.2, -0.15) is 0 Å². The molecule has 2 unspecified atom stereocenters. The summed E-state index contributed by atoms with van der Waals surface area (Å²) >= 11 is 0. The maximum atomic E-state index is 12.9. The number of allylic oxidation sites excluding steroid dienone is 4. The standard InChI is InChI=1S/C61H114O10/c1-3-5-7-9-11-13-15-17-19-21-23-25-27-29-31-33-35-37-39-41-43-45-47-49-56(63)68-52-54(53-69-61-60(67)59(66)58(65)55(51-62)71-61)70-57(64)50-48-46-44-42-40-38-36-34-32-30-28-26-24-22-20-18-16-14-12-10-8-6-4-2/h41-44,54-55,58-62,65-67H,3-40,45-53H2,1-2H3/b43-41+,44-42+/t54-,55-,58+,59?,60?,61-/m0/s1. The third-order valence-electron chi connectivity index (χ3n) is 14.3. The van der Waals surface area contributed by atoms with Crippen LogP contribution < -0.4 is 0 Å². The fourth-order valence-electron chi connectivity index (χ4n) is 9.55. The Morgan fingerprint density at radius 2 is 0.746 bits per heavy atom. The van der Waals surface area contributed by atoms with Crippen molar-refractivity contribution in [2.45, 2.75) is 333 Å². The van der Waals surface area contributed by atoms with E-state index in [2.05, 4.69) is 38.2 Å². The molecule has 1 aliphatic heterocycles. The van der Waals surface area contributed by atoms with Gasteiger partial charge >= 0.3 is 11.9 Å². The number of hydrogen-bond acceptors (Lipinski definition) is 10. The molecule has 4 N–H and O–H groups in total. The third-order valence-corrected chi connectivity index (χ3v) is 14.3. The van der Waals surface area contributed by atoms with E-state index in [1.807, 2.05) is 0 Å². The Labute approximate surface area is 436 Å². The Hall–Kier alpha value is -1.82. The lowest BCUT2D eigenvalue weighted by Gasteiger charge is -2.39. The molecule has 0 bridgehead atoms. The lowest BCUT2D eigenvalue weighted by atomic mass is 9.99. The van der Waals surface area contributed by atoms with E-state index in [1.165, 1.54) is 231 Å². The van der Waals surface area contributed by atoms with Gasteiger partial charge in [0.25, 0.3) is 0 Å². The van der Waals surface area contributed by atoms with Crippen LogP contribution in [0.5, 0.6) is 0 Å². The molecule has 10 heteroatoms. The summed E-state index contributed by atoms with van der Waals surface area (Å²) in [6, 6.07) is 0. The number of ether oxygens (including phenoxy) is 4. The first kappa shape index (κ1) is 67.2. The normalized spacial score (nSPS) is 18.8. The second kappa shape index (κ2) is 51.7. The van der Waals surface area contributed by atoms with Crippen LogP contribution in [0.25, 0.3) is 0 Å². The molecule has 1 heterocycles. The number of esters is 2. The largest absolute Gasteiger partial charge is 0.462 e. The summed E-state index contributed by atoms with van der Waals surface area (Å²) in [5.41, 5.74) is 0. The number of unbranched alkanes of at least 4 members (excludes halogenated alkanes) is 38. The van der Waals surface area contributed by atoms with Crippen LogP contribution in [-0.2, 0) is 28.5 Å². The van der Waals surface area contributed by atoms with Crippen LogP contribution in [-0.4, -0.2) is 89.0 Å². The van der Waals surface area contributed by atoms with Crippen molar-refractivity contribution in [3.05, 3.63) is 24.3 Å². The van der Waals surface area contributed by atoms with Crippen molar-refractivity contribution in [1.29, 1.82) is 0 Å². The predicted octanol–water partition coefficient (Wildman–Crippen LogP) is 15.6. The summed E-state index contributed by atoms with van der Waals surface area (Å²) in [5, 5.41) is 40.3. The maximum absolute atomic E-state index is 12.9. The highest BCUT2D eigenvalue weighted by atomic mass is 16.7. The van der Waals surface area contributed by atoms with E-state index in [9.17, 15) is 30.0 Å². The van der Waals surface area contributed by atoms with Crippen molar-refractivity contribution in [2.24, 2.45) is 0 Å². The molecule has 71 heavy (non-hydrogen) atoms. The van der Waals surface area contributed by atoms with E-state index in [-0.39, 0.29) is 26.1 Å². The highest BCUT2D eigenvalue weighted by Crippen LogP contribution is 2.23. The van der Waals surface area contributed by atoms with Crippen molar-refractivity contribution in [3.8, 4) is 0 Å². The van der Waals surface area contributed by atoms with Crippen molar-refractivity contribution in [1.82, 2.24) is 0 Å². The van der Waals surface area contributed by atoms with E-state index in [4.69, 9.17) is 18.9 Å². The minimum Gasteiger partial charge on any atom is -0.462 e. The van der Waals surface area contributed by atoms with Gasteiger partial charge < -0.3 is 39.4 Å². The summed E-state index contributed by atoms with van der Waals surface area (Å²) in [6.45, 7) is 3.44. The first-order chi connectivity index (χ1) is 34.8. The van der Waals surface area contributed by atoms with Gasteiger partial charge in [0.2, 0.25) is 0 Å². The second-order valence-corrected chi connectivity index (χ2v) is 21.2. The number of aliphatic hydroxyl groups excluding tert-OH is 4. The average Bonchev–Trinajstić information content (AvgIpc) is 3.37. The molecule has 0 aromatic carbocycles. The fraction of sp³-hybridized carbons (Fsp3) is 0.902. The molecule has 1 aliphatic rings. The minimum absolute atomic E-state index is 0.180. The summed E-state index contributed by atoms with van der Waals surface area (Å²) in [6.07, 6.45) is 55.1. The predicted molar refractivity (Wildman–Crippen MR) is 293 cm³/mol. The molecule has 0 aromatic heterocycles. The Morgan fingerprint density at radius 3 is 1.10 bits per heavy atom. The van der Waals surface area contributed by atoms with Crippen LogP contribution in [0.15, 0.2) is 24.3 Å². The zero-order valence-corrected chi connectivity index (χ0v) is 46.2. The zero-order valence-electron chi connectivity index (χ0n) is 46.2. The van der Waals surface area contributed by atoms with Gasteiger partial charge in [-0.25, -0.2) is 0 Å². The number of hydrogen-bond donors (Lipinski definition) is 4. The molecular weight excluding hydrogens is 893 g/mol. The Kier molecular flexibility index (Phi) is 48.9. The van der Waals surface area contributed by atoms with Gasteiger partial charge in [0.15, 0.2) is 12.4 Å². The molecule has 6 atom stereocenters. The molecule has 0 aliphatic carbocycles. The summed E-state index contributed by atoms with van der Waals surface area (Å²) in [7, 11) is 0. The van der Waals surface area contributed by atoms with Gasteiger partial charge in [-0.05, 0) is 51.4 Å². The fourth-order valence-corrected chi connectivity index (χ4v) is 9.55. The number of carbonyl (C=O) groups is 2. The Morgan fingerprint density at radius 1 is 0.423 bits per heavy atom. The van der Waals surface area contributed by atoms with Gasteiger partial charge in [-0.1, -0.05) is 256 Å². The van der Waals surface area contributed by atoms with Crippen LogP contribution in [0.2, 0.25) is 0 Å². The average molecular weight is 1010 g/mol. The first-order valence-electron chi connectivity index (χ1n) is 30.4. The van der Waals surface area contributed by atoms with Crippen LogP contribution in [0.3, 0.4) is 0 Å². The highest BCUT2D eigenvalue weighted by molar-refractivity contribution is 5.70. The molecule has 1 rings (SSSR count). The molecule has 1 fully saturated rings. The summed E-state index contributed by atoms with van der Waals surface area (Å²) in [4.78, 5) is 25.5. The molecule has 0 spiro atoms. The monoisotopic (exact) mass is 1010 g/mol. The van der Waals surface area contributed by atoms with E-state index >= 15 is 0 Å². The smallest absolute Gasteiger partial charge is 0.306 e. The second-order valence-electron chi connectivity index (χ2n) is 21.2. The van der Waals surface area contributed by atoms with E-state index in [0.29, 0.717) is 12.8 Å². The maximum Gasteiger partial charge on any atom is 0.306 e. The third kappa shape index (κ3) is 42.1. The molecule has 0 amide bonds. The van der Waals surface area contributed by atoms with Crippen LogP contribution in [0.1, 0.15) is 296 Å². The van der Waals surface area contributed by atoms with Crippen molar-refractivity contribution >= 4 is 11.9 Å². The van der Waals surface area contributed by atoms with Gasteiger partial charge in [0.1, 0.15) is 31.0 Å². The van der Waals surface area contributed by atoms with Crippen LogP contribution in [0.4, 0.5) is 0 Å². The van der Waals surface area contributed by atoms with Crippen molar-refractivity contribution in [3.63, 3.8) is 0 Å². The number of rotatable bonds is 53. The van der Waals surface area contributed by atoms with Gasteiger partial charge in [0, 0.05) is 12.8 Å². The zero-order chi connectivity index (χ0) is 51.5. The molecule has 1 saturated heterocycles. The lowest BCUT2D eigenvalue weighted by Crippen LogP contribution is -2.59.